The first kappa shape index (κ1) is 22.9. The van der Waals surface area contributed by atoms with Crippen LogP contribution in [0.1, 0.15) is 34.0 Å². The smallest absolute Gasteiger partial charge is 0.475 e. The lowest BCUT2D eigenvalue weighted by molar-refractivity contribution is -0.121. The Morgan fingerprint density at radius 2 is 1.67 bits per heavy atom. The maximum absolute atomic E-state index is 12.3. The molecule has 2 aromatic rings. The van der Waals surface area contributed by atoms with Crippen LogP contribution >= 0.6 is 0 Å². The molecule has 10 heteroatoms. The summed E-state index contributed by atoms with van der Waals surface area (Å²) in [6.45, 7) is 1.79. The Kier molecular flexibility index (Phi) is 7.96. The lowest BCUT2D eigenvalue weighted by Crippen LogP contribution is -2.48. The second kappa shape index (κ2) is 10.4. The van der Waals surface area contributed by atoms with Crippen LogP contribution in [-0.4, -0.2) is 51.1 Å². The van der Waals surface area contributed by atoms with Gasteiger partial charge in [0, 0.05) is 13.5 Å². The number of para-hydroxylation sites is 1. The van der Waals surface area contributed by atoms with Crippen molar-refractivity contribution in [1.29, 1.82) is 0 Å². The van der Waals surface area contributed by atoms with E-state index in [1.165, 1.54) is 25.1 Å². The molecule has 2 amide bonds. The van der Waals surface area contributed by atoms with Crippen LogP contribution < -0.4 is 10.6 Å². The zero-order valence-corrected chi connectivity index (χ0v) is 16.3. The fraction of sp³-hybridized carbons (Fsp3) is 0.250. The van der Waals surface area contributed by atoms with Gasteiger partial charge in [0.05, 0.1) is 12.4 Å². The Labute approximate surface area is 173 Å². The summed E-state index contributed by atoms with van der Waals surface area (Å²) in [6, 6.07) is 11.1. The Morgan fingerprint density at radius 3 is 2.23 bits per heavy atom. The average molecular weight is 414 g/mol. The van der Waals surface area contributed by atoms with E-state index in [9.17, 15) is 29.5 Å². The molecular weight excluding hydrogens is 391 g/mol. The molecule has 0 aromatic heterocycles. The highest BCUT2D eigenvalue weighted by Gasteiger charge is 2.27. The van der Waals surface area contributed by atoms with Gasteiger partial charge in [-0.1, -0.05) is 36.4 Å². The van der Waals surface area contributed by atoms with E-state index in [1.54, 1.807) is 24.3 Å². The summed E-state index contributed by atoms with van der Waals surface area (Å²) in [5, 5.41) is 43.5. The molecule has 0 saturated carbocycles. The number of amides is 2. The zero-order chi connectivity index (χ0) is 22.3. The fourth-order valence-electron chi connectivity index (χ4n) is 2.84. The quantitative estimate of drug-likeness (QED) is 0.316. The van der Waals surface area contributed by atoms with Crippen molar-refractivity contribution >= 4 is 24.9 Å². The monoisotopic (exact) mass is 414 g/mol. The molecule has 0 aliphatic heterocycles. The van der Waals surface area contributed by atoms with Crippen molar-refractivity contribution in [1.82, 2.24) is 10.6 Å². The summed E-state index contributed by atoms with van der Waals surface area (Å²) >= 11 is 0. The lowest BCUT2D eigenvalue weighted by atomic mass is 9.75. The largest absolute Gasteiger partial charge is 0.507 e. The summed E-state index contributed by atoms with van der Waals surface area (Å²) in [5.41, 5.74) is 1.40. The van der Waals surface area contributed by atoms with Gasteiger partial charge in [-0.15, -0.1) is 0 Å². The number of phenols is 1. The molecular formula is C20H23BN2O7. The number of carboxylic acids is 1. The lowest BCUT2D eigenvalue weighted by Gasteiger charge is -2.19. The van der Waals surface area contributed by atoms with Crippen LogP contribution in [0.5, 0.6) is 5.75 Å². The number of aromatic carboxylic acids is 1. The Morgan fingerprint density at radius 1 is 1.03 bits per heavy atom. The molecule has 30 heavy (non-hydrogen) atoms. The van der Waals surface area contributed by atoms with Gasteiger partial charge in [-0.2, -0.15) is 0 Å². The second-order valence-corrected chi connectivity index (χ2v) is 6.81. The van der Waals surface area contributed by atoms with Crippen LogP contribution in [0.25, 0.3) is 0 Å². The highest BCUT2D eigenvalue weighted by Crippen LogP contribution is 2.24. The third-order valence-corrected chi connectivity index (χ3v) is 4.43. The third kappa shape index (κ3) is 6.61. The standard InChI is InChI=1S/C20H23BN2O7/c1-12(24)22-11-14-7-5-13(6-8-14)9-18(25)23-17(21(29)30)10-15-3-2-4-16(19(15)26)20(27)28/h2-8,17,26,29-30H,9-11H2,1H3,(H,22,24)(H,23,25)(H,27,28). The molecule has 1 atom stereocenters. The molecule has 2 rings (SSSR count). The first-order chi connectivity index (χ1) is 14.2. The third-order valence-electron chi connectivity index (χ3n) is 4.43. The van der Waals surface area contributed by atoms with E-state index in [4.69, 9.17) is 5.11 Å². The van der Waals surface area contributed by atoms with E-state index in [1.807, 2.05) is 0 Å². The summed E-state index contributed by atoms with van der Waals surface area (Å²) in [4.78, 5) is 34.4. The number of carbonyl (C=O) groups excluding carboxylic acids is 2. The molecule has 0 bridgehead atoms. The topological polar surface area (TPSA) is 156 Å². The molecule has 0 aliphatic rings. The number of aromatic hydroxyl groups is 1. The molecule has 158 valence electrons. The molecule has 1 unspecified atom stereocenters. The molecule has 0 fully saturated rings. The minimum Gasteiger partial charge on any atom is -0.507 e. The summed E-state index contributed by atoms with van der Waals surface area (Å²) < 4.78 is 0. The van der Waals surface area contributed by atoms with Gasteiger partial charge in [0.15, 0.2) is 0 Å². The van der Waals surface area contributed by atoms with Crippen LogP contribution in [0, 0.1) is 0 Å². The van der Waals surface area contributed by atoms with Gasteiger partial charge in [0.25, 0.3) is 0 Å². The van der Waals surface area contributed by atoms with Crippen LogP contribution in [0.15, 0.2) is 42.5 Å². The van der Waals surface area contributed by atoms with Crippen molar-refractivity contribution in [2.45, 2.75) is 32.3 Å². The van der Waals surface area contributed by atoms with Crippen LogP contribution in [0.3, 0.4) is 0 Å². The first-order valence-electron chi connectivity index (χ1n) is 9.19. The van der Waals surface area contributed by atoms with E-state index in [0.717, 1.165) is 5.56 Å². The van der Waals surface area contributed by atoms with Crippen molar-refractivity contribution in [3.05, 3.63) is 64.7 Å². The number of nitrogens with one attached hydrogen (secondary N) is 2. The summed E-state index contributed by atoms with van der Waals surface area (Å²) in [7, 11) is -1.91. The van der Waals surface area contributed by atoms with Crippen molar-refractivity contribution in [2.75, 3.05) is 0 Å². The molecule has 2 aromatic carbocycles. The van der Waals surface area contributed by atoms with Crippen LogP contribution in [0.4, 0.5) is 0 Å². The predicted molar refractivity (Wildman–Crippen MR) is 109 cm³/mol. The Balaban J connectivity index is 2.01. The second-order valence-electron chi connectivity index (χ2n) is 6.81. The highest BCUT2D eigenvalue weighted by molar-refractivity contribution is 6.43. The van der Waals surface area contributed by atoms with E-state index in [-0.39, 0.29) is 29.9 Å². The van der Waals surface area contributed by atoms with Gasteiger partial charge >= 0.3 is 13.1 Å². The summed E-state index contributed by atoms with van der Waals surface area (Å²) in [6.07, 6.45) is -0.198. The molecule has 0 heterocycles. The van der Waals surface area contributed by atoms with Gasteiger partial charge in [-0.3, -0.25) is 9.59 Å². The summed E-state index contributed by atoms with van der Waals surface area (Å²) in [5.74, 6) is -3.57. The zero-order valence-electron chi connectivity index (χ0n) is 16.3. The average Bonchev–Trinajstić information content (AvgIpc) is 2.68. The van der Waals surface area contributed by atoms with Crippen molar-refractivity contribution < 1.29 is 34.6 Å². The Bertz CT molecular complexity index is 916. The first-order valence-corrected chi connectivity index (χ1v) is 9.19. The van der Waals surface area contributed by atoms with Crippen molar-refractivity contribution in [3.8, 4) is 5.75 Å². The SMILES string of the molecule is CC(=O)NCc1ccc(CC(=O)NC(Cc2cccc(C(=O)O)c2O)B(O)O)cc1. The van der Waals surface area contributed by atoms with Gasteiger partial charge in [-0.25, -0.2) is 4.79 Å². The van der Waals surface area contributed by atoms with Gasteiger partial charge in [-0.05, 0) is 29.2 Å². The Hall–Kier alpha value is -3.37. The minimum absolute atomic E-state index is 0.0230. The number of carboxylic acid groups (broad SMARTS) is 1. The molecule has 0 aliphatic carbocycles. The van der Waals surface area contributed by atoms with E-state index < -0.39 is 30.7 Å². The maximum atomic E-state index is 12.3. The van der Waals surface area contributed by atoms with Crippen molar-refractivity contribution in [2.24, 2.45) is 0 Å². The fourth-order valence-corrected chi connectivity index (χ4v) is 2.84. The van der Waals surface area contributed by atoms with E-state index >= 15 is 0 Å². The molecule has 0 radical (unpaired) electrons. The maximum Gasteiger partial charge on any atom is 0.475 e. The normalized spacial score (nSPS) is 11.4. The predicted octanol–water partition coefficient (Wildman–Crippen LogP) is 0.00850. The number of hydrogen-bond acceptors (Lipinski definition) is 6. The highest BCUT2D eigenvalue weighted by atomic mass is 16.4. The van der Waals surface area contributed by atoms with Gasteiger partial charge in [0.2, 0.25) is 11.8 Å². The molecule has 6 N–H and O–H groups in total. The van der Waals surface area contributed by atoms with Crippen molar-refractivity contribution in [3.63, 3.8) is 0 Å². The van der Waals surface area contributed by atoms with Gasteiger partial charge < -0.3 is 30.9 Å². The van der Waals surface area contributed by atoms with Gasteiger partial charge in [0.1, 0.15) is 11.3 Å². The number of rotatable bonds is 9. The number of carbonyl (C=O) groups is 3. The minimum atomic E-state index is -1.91. The van der Waals surface area contributed by atoms with E-state index in [0.29, 0.717) is 12.1 Å². The number of hydrogen-bond donors (Lipinski definition) is 6. The molecule has 0 spiro atoms. The molecule has 9 nitrogen and oxygen atoms in total. The van der Waals surface area contributed by atoms with Crippen LogP contribution in [-0.2, 0) is 29.0 Å². The molecule has 0 saturated heterocycles. The van der Waals surface area contributed by atoms with Crippen LogP contribution in [0.2, 0.25) is 0 Å². The van der Waals surface area contributed by atoms with E-state index in [2.05, 4.69) is 10.6 Å². The number of benzene rings is 2.